The van der Waals surface area contributed by atoms with Crippen molar-refractivity contribution in [2.24, 2.45) is 0 Å². The molecule has 0 saturated carbocycles. The van der Waals surface area contributed by atoms with Gasteiger partial charge in [0.2, 0.25) is 10.0 Å². The van der Waals surface area contributed by atoms with Crippen LogP contribution >= 0.6 is 0 Å². The Bertz CT molecular complexity index is 933. The predicted molar refractivity (Wildman–Crippen MR) is 81.3 cm³/mol. The highest BCUT2D eigenvalue weighted by atomic mass is 32.2. The lowest BCUT2D eigenvalue weighted by atomic mass is 10.3. The maximum Gasteiger partial charge on any atom is 0.240 e. The Labute approximate surface area is 132 Å². The summed E-state index contributed by atoms with van der Waals surface area (Å²) in [5.74, 6) is -0.721. The Hall–Kier alpha value is -2.39. The van der Waals surface area contributed by atoms with Crippen molar-refractivity contribution >= 4 is 15.7 Å². The van der Waals surface area contributed by atoms with Crippen LogP contribution in [0.3, 0.4) is 0 Å². The van der Waals surface area contributed by atoms with Crippen molar-refractivity contribution in [3.63, 3.8) is 0 Å². The number of hydrogen-bond donors (Lipinski definition) is 1. The third-order valence-electron chi connectivity index (χ3n) is 3.41. The molecule has 0 aliphatic rings. The molecule has 1 N–H and O–H groups in total. The third kappa shape index (κ3) is 3.06. The van der Waals surface area contributed by atoms with E-state index in [0.29, 0.717) is 6.54 Å². The topological polar surface area (TPSA) is 77.6 Å². The maximum absolute atomic E-state index is 13.6. The summed E-state index contributed by atoms with van der Waals surface area (Å²) in [6.07, 6.45) is 5.25. The first kappa shape index (κ1) is 15.5. The molecule has 0 fully saturated rings. The molecule has 3 aromatic rings. The lowest BCUT2D eigenvalue weighted by molar-refractivity contribution is 0.385. The Balaban J connectivity index is 1.69. The van der Waals surface area contributed by atoms with Crippen LogP contribution < -0.4 is 9.46 Å². The SMILES string of the molecule is COc1ccc(S(=O)(=O)NCCn2ccn3nccc23)cc1F. The van der Waals surface area contributed by atoms with Gasteiger partial charge in [0.1, 0.15) is 5.65 Å². The Morgan fingerprint density at radius 1 is 1.30 bits per heavy atom. The number of benzene rings is 1. The molecule has 23 heavy (non-hydrogen) atoms. The van der Waals surface area contributed by atoms with Gasteiger partial charge in [0.05, 0.1) is 18.2 Å². The zero-order valence-corrected chi connectivity index (χ0v) is 13.1. The summed E-state index contributed by atoms with van der Waals surface area (Å²) in [5.41, 5.74) is 0.861. The first-order valence-corrected chi connectivity index (χ1v) is 8.31. The number of nitrogens with one attached hydrogen (secondary N) is 1. The van der Waals surface area contributed by atoms with E-state index in [1.165, 1.54) is 19.2 Å². The molecule has 0 aliphatic heterocycles. The number of imidazole rings is 1. The van der Waals surface area contributed by atoms with Gasteiger partial charge in [0, 0.05) is 31.5 Å². The van der Waals surface area contributed by atoms with Crippen LogP contribution in [0.1, 0.15) is 0 Å². The van der Waals surface area contributed by atoms with Crippen molar-refractivity contribution in [1.29, 1.82) is 0 Å². The van der Waals surface area contributed by atoms with Crippen LogP contribution in [0.15, 0.2) is 47.8 Å². The van der Waals surface area contributed by atoms with Crippen LogP contribution in [0.25, 0.3) is 5.65 Å². The first-order valence-electron chi connectivity index (χ1n) is 6.83. The fourth-order valence-electron chi connectivity index (χ4n) is 2.26. The van der Waals surface area contributed by atoms with E-state index in [0.717, 1.165) is 11.7 Å². The minimum Gasteiger partial charge on any atom is -0.494 e. The fraction of sp³-hybridized carbons (Fsp3) is 0.214. The molecule has 0 bridgehead atoms. The van der Waals surface area contributed by atoms with Crippen molar-refractivity contribution in [3.8, 4) is 5.75 Å². The maximum atomic E-state index is 13.6. The number of ether oxygens (including phenoxy) is 1. The van der Waals surface area contributed by atoms with E-state index in [2.05, 4.69) is 9.82 Å². The van der Waals surface area contributed by atoms with E-state index in [1.807, 2.05) is 16.8 Å². The van der Waals surface area contributed by atoms with Gasteiger partial charge < -0.3 is 9.30 Å². The number of aromatic nitrogens is 3. The van der Waals surface area contributed by atoms with Crippen LogP contribution in [-0.2, 0) is 16.6 Å². The molecule has 122 valence electrons. The molecule has 0 amide bonds. The van der Waals surface area contributed by atoms with Crippen LogP contribution in [0.4, 0.5) is 4.39 Å². The van der Waals surface area contributed by atoms with E-state index < -0.39 is 15.8 Å². The molecule has 2 aromatic heterocycles. The highest BCUT2D eigenvalue weighted by Gasteiger charge is 2.16. The Kier molecular flexibility index (Phi) is 4.05. The molecule has 0 radical (unpaired) electrons. The molecule has 2 heterocycles. The van der Waals surface area contributed by atoms with Crippen molar-refractivity contribution in [3.05, 3.63) is 48.7 Å². The van der Waals surface area contributed by atoms with E-state index in [1.54, 1.807) is 16.9 Å². The van der Waals surface area contributed by atoms with Crippen molar-refractivity contribution in [2.75, 3.05) is 13.7 Å². The van der Waals surface area contributed by atoms with Gasteiger partial charge in [-0.25, -0.2) is 22.0 Å². The number of rotatable bonds is 6. The average Bonchev–Trinajstić information content (AvgIpc) is 3.11. The minimum absolute atomic E-state index is 0.000541. The van der Waals surface area contributed by atoms with Crippen LogP contribution in [0, 0.1) is 5.82 Å². The van der Waals surface area contributed by atoms with Crippen molar-refractivity contribution < 1.29 is 17.5 Å². The molecule has 0 saturated heterocycles. The minimum atomic E-state index is -3.78. The molecule has 9 heteroatoms. The van der Waals surface area contributed by atoms with Gasteiger partial charge in [0.25, 0.3) is 0 Å². The molecular formula is C14H15FN4O3S. The van der Waals surface area contributed by atoms with Gasteiger partial charge in [-0.15, -0.1) is 0 Å². The number of methoxy groups -OCH3 is 1. The van der Waals surface area contributed by atoms with Gasteiger partial charge in [-0.1, -0.05) is 0 Å². The van der Waals surface area contributed by atoms with E-state index in [-0.39, 0.29) is 17.2 Å². The summed E-state index contributed by atoms with van der Waals surface area (Å²) in [4.78, 5) is -0.141. The summed E-state index contributed by atoms with van der Waals surface area (Å²) in [5, 5.41) is 4.07. The second kappa shape index (κ2) is 6.01. The number of fused-ring (bicyclic) bond motifs is 1. The van der Waals surface area contributed by atoms with Crippen LogP contribution in [-0.4, -0.2) is 36.3 Å². The zero-order chi connectivity index (χ0) is 16.4. The monoisotopic (exact) mass is 338 g/mol. The quantitative estimate of drug-likeness (QED) is 0.734. The largest absolute Gasteiger partial charge is 0.494 e. The zero-order valence-electron chi connectivity index (χ0n) is 12.3. The second-order valence-corrected chi connectivity index (χ2v) is 6.59. The standard InChI is InChI=1S/C14H15FN4O3S/c1-22-13-3-2-11(10-12(13)15)23(20,21)17-6-7-18-8-9-19-14(18)4-5-16-19/h2-5,8-10,17H,6-7H2,1H3. The van der Waals surface area contributed by atoms with Gasteiger partial charge in [-0.05, 0) is 18.2 Å². The number of halogens is 1. The summed E-state index contributed by atoms with van der Waals surface area (Å²) in [6.45, 7) is 0.603. The molecule has 0 unspecified atom stereocenters. The van der Waals surface area contributed by atoms with Crippen molar-refractivity contribution in [2.45, 2.75) is 11.4 Å². The lowest BCUT2D eigenvalue weighted by Gasteiger charge is -2.09. The van der Waals surface area contributed by atoms with Gasteiger partial charge >= 0.3 is 0 Å². The molecule has 1 aromatic carbocycles. The normalized spacial score (nSPS) is 11.9. The number of hydrogen-bond acceptors (Lipinski definition) is 4. The molecule has 3 rings (SSSR count). The smallest absolute Gasteiger partial charge is 0.240 e. The molecular weight excluding hydrogens is 323 g/mol. The fourth-order valence-corrected chi connectivity index (χ4v) is 3.29. The van der Waals surface area contributed by atoms with E-state index in [9.17, 15) is 12.8 Å². The summed E-state index contributed by atoms with van der Waals surface area (Å²) >= 11 is 0. The lowest BCUT2D eigenvalue weighted by Crippen LogP contribution is -2.27. The predicted octanol–water partition coefficient (Wildman–Crippen LogP) is 1.26. The number of nitrogens with zero attached hydrogens (tertiary/aromatic N) is 3. The Morgan fingerprint density at radius 2 is 2.13 bits per heavy atom. The average molecular weight is 338 g/mol. The summed E-state index contributed by atoms with van der Waals surface area (Å²) in [6, 6.07) is 5.35. The molecule has 0 spiro atoms. The molecule has 7 nitrogen and oxygen atoms in total. The van der Waals surface area contributed by atoms with E-state index in [4.69, 9.17) is 4.74 Å². The van der Waals surface area contributed by atoms with Crippen molar-refractivity contribution in [1.82, 2.24) is 18.9 Å². The van der Waals surface area contributed by atoms with Crippen LogP contribution in [0.5, 0.6) is 5.75 Å². The highest BCUT2D eigenvalue weighted by Crippen LogP contribution is 2.20. The van der Waals surface area contributed by atoms with Gasteiger partial charge in [-0.2, -0.15) is 5.10 Å². The highest BCUT2D eigenvalue weighted by molar-refractivity contribution is 7.89. The first-order chi connectivity index (χ1) is 11.0. The summed E-state index contributed by atoms with van der Waals surface area (Å²) in [7, 11) is -2.46. The number of sulfonamides is 1. The summed E-state index contributed by atoms with van der Waals surface area (Å²) < 4.78 is 48.8. The van der Waals surface area contributed by atoms with Gasteiger partial charge in [-0.3, -0.25) is 0 Å². The van der Waals surface area contributed by atoms with Crippen LogP contribution in [0.2, 0.25) is 0 Å². The third-order valence-corrected chi connectivity index (χ3v) is 4.87. The molecule has 0 aliphatic carbocycles. The molecule has 0 atom stereocenters. The van der Waals surface area contributed by atoms with E-state index >= 15 is 0 Å². The second-order valence-electron chi connectivity index (χ2n) is 4.82. The Morgan fingerprint density at radius 3 is 2.87 bits per heavy atom. The van der Waals surface area contributed by atoms with Gasteiger partial charge in [0.15, 0.2) is 11.6 Å².